The van der Waals surface area contributed by atoms with Crippen molar-refractivity contribution in [2.24, 2.45) is 0 Å². The molecule has 0 saturated carbocycles. The highest BCUT2D eigenvalue weighted by molar-refractivity contribution is 9.10. The van der Waals surface area contributed by atoms with Crippen molar-refractivity contribution < 1.29 is 9.90 Å². The number of hydrogen-bond acceptors (Lipinski definition) is 2. The number of carboxylic acids is 1. The Morgan fingerprint density at radius 3 is 2.67 bits per heavy atom. The molecular weight excluding hydrogens is 330 g/mol. The monoisotopic (exact) mass is 345 g/mol. The van der Waals surface area contributed by atoms with Crippen LogP contribution in [0.1, 0.15) is 27.9 Å². The van der Waals surface area contributed by atoms with Crippen LogP contribution in [0.25, 0.3) is 0 Å². The van der Waals surface area contributed by atoms with Crippen molar-refractivity contribution >= 4 is 27.6 Å². The van der Waals surface area contributed by atoms with E-state index in [1.165, 1.54) is 11.1 Å². The van der Waals surface area contributed by atoms with Crippen LogP contribution in [0.3, 0.4) is 0 Å². The molecule has 2 N–H and O–H groups in total. The quantitative estimate of drug-likeness (QED) is 0.879. The maximum absolute atomic E-state index is 11.4. The molecular formula is C17H16BrNO2. The summed E-state index contributed by atoms with van der Waals surface area (Å²) < 4.78 is 0.608. The predicted octanol–water partition coefficient (Wildman–Crippen LogP) is 4.12. The average Bonchev–Trinajstić information content (AvgIpc) is 2.47. The van der Waals surface area contributed by atoms with Gasteiger partial charge in [-0.05, 0) is 58.5 Å². The highest BCUT2D eigenvalue weighted by atomic mass is 79.9. The van der Waals surface area contributed by atoms with Gasteiger partial charge >= 0.3 is 5.97 Å². The summed E-state index contributed by atoms with van der Waals surface area (Å²) in [7, 11) is 0. The molecule has 108 valence electrons. The Hall–Kier alpha value is -1.81. The van der Waals surface area contributed by atoms with Crippen molar-refractivity contribution in [3.8, 4) is 0 Å². The van der Waals surface area contributed by atoms with Crippen LogP contribution in [0.15, 0.2) is 46.9 Å². The van der Waals surface area contributed by atoms with E-state index < -0.39 is 5.97 Å². The number of aromatic carboxylic acids is 1. The molecule has 0 spiro atoms. The van der Waals surface area contributed by atoms with E-state index in [0.717, 1.165) is 19.3 Å². The van der Waals surface area contributed by atoms with Gasteiger partial charge in [-0.3, -0.25) is 0 Å². The molecule has 0 aromatic heterocycles. The summed E-state index contributed by atoms with van der Waals surface area (Å²) >= 11 is 3.32. The fraction of sp³-hybridized carbons (Fsp3) is 0.235. The minimum absolute atomic E-state index is 0.271. The second-order valence-electron chi connectivity index (χ2n) is 5.32. The Bertz CT molecular complexity index is 684. The summed E-state index contributed by atoms with van der Waals surface area (Å²) in [5, 5.41) is 12.8. The van der Waals surface area contributed by atoms with E-state index >= 15 is 0 Å². The van der Waals surface area contributed by atoms with Crippen LogP contribution < -0.4 is 5.32 Å². The first-order valence-corrected chi connectivity index (χ1v) is 7.79. The molecule has 0 heterocycles. The highest BCUT2D eigenvalue weighted by Gasteiger charge is 2.21. The van der Waals surface area contributed by atoms with Gasteiger partial charge in [-0.1, -0.05) is 30.3 Å². The lowest BCUT2D eigenvalue weighted by molar-refractivity contribution is 0.0697. The van der Waals surface area contributed by atoms with Crippen LogP contribution >= 0.6 is 15.9 Å². The molecule has 4 heteroatoms. The first-order chi connectivity index (χ1) is 10.1. The molecule has 0 radical (unpaired) electrons. The molecule has 1 unspecified atom stereocenters. The molecule has 0 fully saturated rings. The third kappa shape index (κ3) is 2.95. The zero-order chi connectivity index (χ0) is 14.8. The van der Waals surface area contributed by atoms with Gasteiger partial charge in [0.15, 0.2) is 0 Å². The van der Waals surface area contributed by atoms with Crippen LogP contribution in [-0.2, 0) is 12.8 Å². The lowest BCUT2D eigenvalue weighted by Crippen LogP contribution is -2.28. The third-order valence-corrected chi connectivity index (χ3v) is 4.59. The van der Waals surface area contributed by atoms with Crippen LogP contribution in [-0.4, -0.2) is 17.1 Å². The van der Waals surface area contributed by atoms with Gasteiger partial charge in [-0.15, -0.1) is 0 Å². The number of anilines is 1. The second-order valence-corrected chi connectivity index (χ2v) is 6.17. The predicted molar refractivity (Wildman–Crippen MR) is 87.0 cm³/mol. The van der Waals surface area contributed by atoms with Gasteiger partial charge < -0.3 is 10.4 Å². The van der Waals surface area contributed by atoms with Crippen molar-refractivity contribution in [1.82, 2.24) is 0 Å². The fourth-order valence-electron chi connectivity index (χ4n) is 2.90. The van der Waals surface area contributed by atoms with E-state index in [9.17, 15) is 9.90 Å². The first kappa shape index (κ1) is 14.1. The molecule has 2 aromatic rings. The van der Waals surface area contributed by atoms with Gasteiger partial charge in [-0.25, -0.2) is 4.79 Å². The minimum atomic E-state index is -0.916. The summed E-state index contributed by atoms with van der Waals surface area (Å²) in [4.78, 5) is 11.4. The number of hydrogen-bond donors (Lipinski definition) is 2. The van der Waals surface area contributed by atoms with E-state index in [1.54, 1.807) is 6.07 Å². The highest BCUT2D eigenvalue weighted by Crippen LogP contribution is 2.28. The Kier molecular flexibility index (Phi) is 3.97. The second kappa shape index (κ2) is 5.90. The van der Waals surface area contributed by atoms with Gasteiger partial charge in [0, 0.05) is 10.5 Å². The number of halogens is 1. The molecule has 0 amide bonds. The van der Waals surface area contributed by atoms with Crippen molar-refractivity contribution in [2.75, 3.05) is 5.32 Å². The van der Waals surface area contributed by atoms with Gasteiger partial charge in [0.05, 0.1) is 11.3 Å². The maximum atomic E-state index is 11.4. The Morgan fingerprint density at radius 2 is 1.90 bits per heavy atom. The maximum Gasteiger partial charge on any atom is 0.338 e. The molecule has 0 bridgehead atoms. The van der Waals surface area contributed by atoms with E-state index in [2.05, 4.69) is 45.5 Å². The van der Waals surface area contributed by atoms with Gasteiger partial charge in [0.1, 0.15) is 0 Å². The Morgan fingerprint density at radius 1 is 1.14 bits per heavy atom. The average molecular weight is 346 g/mol. The largest absolute Gasteiger partial charge is 0.478 e. The van der Waals surface area contributed by atoms with Crippen LogP contribution in [0.4, 0.5) is 5.69 Å². The number of aryl methyl sites for hydroxylation is 1. The lowest BCUT2D eigenvalue weighted by Gasteiger charge is -2.27. The van der Waals surface area contributed by atoms with Crippen molar-refractivity contribution in [2.45, 2.75) is 25.3 Å². The first-order valence-electron chi connectivity index (χ1n) is 7.00. The van der Waals surface area contributed by atoms with Gasteiger partial charge in [-0.2, -0.15) is 0 Å². The lowest BCUT2D eigenvalue weighted by atomic mass is 9.88. The minimum Gasteiger partial charge on any atom is -0.478 e. The molecule has 21 heavy (non-hydrogen) atoms. The number of benzene rings is 2. The SMILES string of the molecule is O=C(O)c1c(Br)cccc1NC1CCc2ccccc2C1. The summed E-state index contributed by atoms with van der Waals surface area (Å²) in [6.45, 7) is 0. The number of nitrogens with one attached hydrogen (secondary N) is 1. The number of rotatable bonds is 3. The Balaban J connectivity index is 1.83. The molecule has 1 aliphatic carbocycles. The summed E-state index contributed by atoms with van der Waals surface area (Å²) in [5.41, 5.74) is 3.74. The third-order valence-electron chi connectivity index (χ3n) is 3.93. The smallest absolute Gasteiger partial charge is 0.338 e. The van der Waals surface area contributed by atoms with E-state index in [0.29, 0.717) is 15.7 Å². The molecule has 2 aromatic carbocycles. The molecule has 0 aliphatic heterocycles. The summed E-state index contributed by atoms with van der Waals surface area (Å²) in [6, 6.07) is 14.2. The fourth-order valence-corrected chi connectivity index (χ4v) is 3.44. The number of carboxylic acid groups (broad SMARTS) is 1. The molecule has 0 saturated heterocycles. The van der Waals surface area contributed by atoms with Crippen molar-refractivity contribution in [1.29, 1.82) is 0 Å². The molecule has 3 rings (SSSR count). The van der Waals surface area contributed by atoms with Crippen LogP contribution in [0.5, 0.6) is 0 Å². The van der Waals surface area contributed by atoms with Crippen molar-refractivity contribution in [3.05, 3.63) is 63.6 Å². The molecule has 1 aliphatic rings. The van der Waals surface area contributed by atoms with Crippen molar-refractivity contribution in [3.63, 3.8) is 0 Å². The standard InChI is InChI=1S/C17H16BrNO2/c18-14-6-3-7-15(16(14)17(20)21)19-13-9-8-11-4-1-2-5-12(11)10-13/h1-7,13,19H,8-10H2,(H,20,21). The van der Waals surface area contributed by atoms with Crippen LogP contribution in [0, 0.1) is 0 Å². The zero-order valence-electron chi connectivity index (χ0n) is 11.5. The topological polar surface area (TPSA) is 49.3 Å². The zero-order valence-corrected chi connectivity index (χ0v) is 13.1. The van der Waals surface area contributed by atoms with Gasteiger partial charge in [0.25, 0.3) is 0 Å². The normalized spacial score (nSPS) is 17.1. The number of carbonyl (C=O) groups is 1. The van der Waals surface area contributed by atoms with E-state index in [-0.39, 0.29) is 6.04 Å². The summed E-state index contributed by atoms with van der Waals surface area (Å²) in [6.07, 6.45) is 2.98. The van der Waals surface area contributed by atoms with E-state index in [4.69, 9.17) is 0 Å². The molecule has 1 atom stereocenters. The van der Waals surface area contributed by atoms with E-state index in [1.807, 2.05) is 12.1 Å². The number of fused-ring (bicyclic) bond motifs is 1. The molecule has 3 nitrogen and oxygen atoms in total. The summed E-state index contributed by atoms with van der Waals surface area (Å²) in [5.74, 6) is -0.916. The van der Waals surface area contributed by atoms with Gasteiger partial charge in [0.2, 0.25) is 0 Å². The van der Waals surface area contributed by atoms with Crippen LogP contribution in [0.2, 0.25) is 0 Å². The Labute approximate surface area is 132 Å².